The van der Waals surface area contributed by atoms with Gasteiger partial charge in [0.15, 0.2) is 11.5 Å². The van der Waals surface area contributed by atoms with Gasteiger partial charge in [0.2, 0.25) is 6.79 Å². The third-order valence-corrected chi connectivity index (χ3v) is 3.85. The summed E-state index contributed by atoms with van der Waals surface area (Å²) in [6.45, 7) is 0.726. The topological polar surface area (TPSA) is 54.3 Å². The van der Waals surface area contributed by atoms with Crippen LogP contribution in [-0.4, -0.2) is 6.79 Å². The van der Waals surface area contributed by atoms with E-state index in [1.807, 2.05) is 24.3 Å². The number of nitrogens with zero attached hydrogens (tertiary/aromatic N) is 1. The monoisotopic (exact) mass is 364 g/mol. The van der Waals surface area contributed by atoms with Crippen molar-refractivity contribution in [1.29, 1.82) is 5.26 Å². The number of benzene rings is 2. The number of hydrogen-bond donors (Lipinski definition) is 1. The van der Waals surface area contributed by atoms with Crippen LogP contribution in [0.2, 0.25) is 5.02 Å². The molecule has 6 heteroatoms. The van der Waals surface area contributed by atoms with E-state index < -0.39 is 0 Å². The first kappa shape index (κ1) is 14.1. The van der Waals surface area contributed by atoms with Crippen LogP contribution in [0.25, 0.3) is 0 Å². The zero-order valence-electron chi connectivity index (χ0n) is 10.8. The molecule has 0 fully saturated rings. The van der Waals surface area contributed by atoms with Crippen molar-refractivity contribution in [1.82, 2.24) is 0 Å². The van der Waals surface area contributed by atoms with Crippen LogP contribution in [-0.2, 0) is 6.54 Å². The van der Waals surface area contributed by atoms with Crippen molar-refractivity contribution in [2.75, 3.05) is 12.1 Å². The van der Waals surface area contributed by atoms with Crippen LogP contribution >= 0.6 is 27.5 Å². The summed E-state index contributed by atoms with van der Waals surface area (Å²) >= 11 is 9.49. The van der Waals surface area contributed by atoms with E-state index in [-0.39, 0.29) is 6.79 Å². The Bertz CT molecular complexity index is 743. The number of rotatable bonds is 3. The molecule has 0 atom stereocenters. The molecule has 2 aromatic rings. The Kier molecular flexibility index (Phi) is 3.91. The fourth-order valence-corrected chi connectivity index (χ4v) is 2.73. The van der Waals surface area contributed by atoms with E-state index in [0.29, 0.717) is 28.6 Å². The zero-order valence-corrected chi connectivity index (χ0v) is 13.2. The van der Waals surface area contributed by atoms with Crippen LogP contribution in [0.5, 0.6) is 11.5 Å². The highest BCUT2D eigenvalue weighted by Crippen LogP contribution is 2.39. The Morgan fingerprint density at radius 1 is 1.29 bits per heavy atom. The summed E-state index contributed by atoms with van der Waals surface area (Å²) in [6, 6.07) is 11.4. The molecule has 0 amide bonds. The van der Waals surface area contributed by atoms with E-state index >= 15 is 0 Å². The van der Waals surface area contributed by atoms with E-state index in [9.17, 15) is 0 Å². The quantitative estimate of drug-likeness (QED) is 0.880. The van der Waals surface area contributed by atoms with Crippen LogP contribution < -0.4 is 14.8 Å². The van der Waals surface area contributed by atoms with Crippen molar-refractivity contribution in [3.05, 3.63) is 51.0 Å². The second kappa shape index (κ2) is 5.84. The first-order valence-corrected chi connectivity index (χ1v) is 7.36. The molecule has 0 radical (unpaired) electrons. The molecule has 1 N–H and O–H groups in total. The van der Waals surface area contributed by atoms with Crippen molar-refractivity contribution in [3.8, 4) is 17.6 Å². The largest absolute Gasteiger partial charge is 0.454 e. The first-order chi connectivity index (χ1) is 10.2. The van der Waals surface area contributed by atoms with Gasteiger partial charge in [-0.3, -0.25) is 0 Å². The summed E-state index contributed by atoms with van der Waals surface area (Å²) in [5.41, 5.74) is 2.31. The number of ether oxygens (including phenoxy) is 2. The summed E-state index contributed by atoms with van der Waals surface area (Å²) in [7, 11) is 0. The highest BCUT2D eigenvalue weighted by atomic mass is 79.9. The minimum atomic E-state index is 0.192. The summed E-state index contributed by atoms with van der Waals surface area (Å²) in [4.78, 5) is 0. The maximum absolute atomic E-state index is 9.14. The Labute approximate surface area is 135 Å². The fraction of sp³-hybridized carbons (Fsp3) is 0.133. The minimum absolute atomic E-state index is 0.192. The Balaban J connectivity index is 1.80. The molecule has 0 saturated heterocycles. The molecular weight excluding hydrogens is 356 g/mol. The molecular formula is C15H10BrClN2O2. The van der Waals surface area contributed by atoms with Crippen molar-refractivity contribution in [2.24, 2.45) is 0 Å². The van der Waals surface area contributed by atoms with Gasteiger partial charge in [-0.25, -0.2) is 0 Å². The average molecular weight is 366 g/mol. The standard InChI is InChI=1S/C15H10BrClN2O2/c16-11-1-2-13(10(5-11)6-18)19-7-9-3-12(17)15-14(4-9)20-8-21-15/h1-5,19H,7-8H2. The third-order valence-electron chi connectivity index (χ3n) is 3.07. The third kappa shape index (κ3) is 2.92. The van der Waals surface area contributed by atoms with Crippen LogP contribution in [0.15, 0.2) is 34.8 Å². The van der Waals surface area contributed by atoms with Crippen molar-refractivity contribution in [2.45, 2.75) is 6.54 Å². The lowest BCUT2D eigenvalue weighted by Crippen LogP contribution is -2.01. The van der Waals surface area contributed by atoms with Crippen molar-refractivity contribution in [3.63, 3.8) is 0 Å². The maximum Gasteiger partial charge on any atom is 0.231 e. The van der Waals surface area contributed by atoms with Gasteiger partial charge in [-0.05, 0) is 35.9 Å². The number of hydrogen-bond acceptors (Lipinski definition) is 4. The molecule has 0 aliphatic carbocycles. The second-order valence-electron chi connectivity index (χ2n) is 4.47. The molecule has 0 saturated carbocycles. The molecule has 1 aliphatic rings. The maximum atomic E-state index is 9.14. The number of halogens is 2. The van der Waals surface area contributed by atoms with Crippen molar-refractivity contribution < 1.29 is 9.47 Å². The summed E-state index contributed by atoms with van der Waals surface area (Å²) in [5.74, 6) is 1.23. The van der Waals surface area contributed by atoms with Crippen LogP contribution in [0.4, 0.5) is 5.69 Å². The highest BCUT2D eigenvalue weighted by molar-refractivity contribution is 9.10. The van der Waals surface area contributed by atoms with Gasteiger partial charge in [-0.1, -0.05) is 27.5 Å². The summed E-state index contributed by atoms with van der Waals surface area (Å²) in [6.07, 6.45) is 0. The molecule has 0 aromatic heterocycles. The molecule has 3 rings (SSSR count). The van der Waals surface area contributed by atoms with Gasteiger partial charge >= 0.3 is 0 Å². The smallest absolute Gasteiger partial charge is 0.231 e. The normalized spacial score (nSPS) is 12.0. The van der Waals surface area contributed by atoms with E-state index in [1.165, 1.54) is 0 Å². The number of nitrogens with one attached hydrogen (secondary N) is 1. The lowest BCUT2D eigenvalue weighted by Gasteiger charge is -2.10. The van der Waals surface area contributed by atoms with Gasteiger partial charge in [0.25, 0.3) is 0 Å². The van der Waals surface area contributed by atoms with E-state index in [4.69, 9.17) is 26.3 Å². The van der Waals surface area contributed by atoms with Gasteiger partial charge < -0.3 is 14.8 Å². The van der Waals surface area contributed by atoms with E-state index in [2.05, 4.69) is 27.3 Å². The molecule has 0 spiro atoms. The predicted octanol–water partition coefficient (Wildman–Crippen LogP) is 4.31. The van der Waals surface area contributed by atoms with Gasteiger partial charge in [0, 0.05) is 11.0 Å². The molecule has 4 nitrogen and oxygen atoms in total. The molecule has 106 valence electrons. The Hall–Kier alpha value is -1.90. The lowest BCUT2D eigenvalue weighted by atomic mass is 10.1. The van der Waals surface area contributed by atoms with Gasteiger partial charge in [0.05, 0.1) is 16.3 Å². The fourth-order valence-electron chi connectivity index (χ4n) is 2.08. The average Bonchev–Trinajstić information content (AvgIpc) is 2.94. The molecule has 21 heavy (non-hydrogen) atoms. The van der Waals surface area contributed by atoms with E-state index in [1.54, 1.807) is 6.07 Å². The minimum Gasteiger partial charge on any atom is -0.454 e. The van der Waals surface area contributed by atoms with Crippen molar-refractivity contribution >= 4 is 33.2 Å². The summed E-state index contributed by atoms with van der Waals surface area (Å²) in [5, 5.41) is 12.9. The molecule has 1 aliphatic heterocycles. The molecule has 0 unspecified atom stereocenters. The van der Waals surface area contributed by atoms with Crippen LogP contribution in [0, 0.1) is 11.3 Å². The second-order valence-corrected chi connectivity index (χ2v) is 5.79. The highest BCUT2D eigenvalue weighted by Gasteiger charge is 2.18. The number of anilines is 1. The van der Waals surface area contributed by atoms with Crippen LogP contribution in [0.1, 0.15) is 11.1 Å². The van der Waals surface area contributed by atoms with E-state index in [0.717, 1.165) is 15.7 Å². The Morgan fingerprint density at radius 2 is 2.14 bits per heavy atom. The predicted molar refractivity (Wildman–Crippen MR) is 83.8 cm³/mol. The first-order valence-electron chi connectivity index (χ1n) is 6.19. The SMILES string of the molecule is N#Cc1cc(Br)ccc1NCc1cc(Cl)c2c(c1)OCO2. The van der Waals surface area contributed by atoms with Gasteiger partial charge in [0.1, 0.15) is 6.07 Å². The lowest BCUT2D eigenvalue weighted by molar-refractivity contribution is 0.174. The molecule has 1 heterocycles. The Morgan fingerprint density at radius 3 is 2.95 bits per heavy atom. The number of nitriles is 1. The zero-order chi connectivity index (χ0) is 14.8. The van der Waals surface area contributed by atoms with Crippen LogP contribution in [0.3, 0.4) is 0 Å². The van der Waals surface area contributed by atoms with Gasteiger partial charge in [-0.2, -0.15) is 5.26 Å². The number of fused-ring (bicyclic) bond motifs is 1. The molecule has 0 bridgehead atoms. The molecule has 2 aromatic carbocycles. The summed E-state index contributed by atoms with van der Waals surface area (Å²) < 4.78 is 11.5. The van der Waals surface area contributed by atoms with Gasteiger partial charge in [-0.15, -0.1) is 0 Å².